The molecule has 0 aliphatic rings. The first-order valence-electron chi connectivity index (χ1n) is 7.30. The summed E-state index contributed by atoms with van der Waals surface area (Å²) in [5, 5.41) is 10.5. The summed E-state index contributed by atoms with van der Waals surface area (Å²) in [6.07, 6.45) is 1.46. The van der Waals surface area contributed by atoms with Crippen molar-refractivity contribution < 1.29 is 5.11 Å². The van der Waals surface area contributed by atoms with Crippen LogP contribution in [0.15, 0.2) is 48.7 Å². The van der Waals surface area contributed by atoms with Crippen molar-refractivity contribution in [3.63, 3.8) is 0 Å². The van der Waals surface area contributed by atoms with Crippen molar-refractivity contribution in [1.82, 2.24) is 9.38 Å². The van der Waals surface area contributed by atoms with Crippen LogP contribution in [0.4, 0.5) is 0 Å². The number of rotatable bonds is 3. The molecule has 0 spiro atoms. The molecule has 3 aromatic rings. The number of aryl methyl sites for hydroxylation is 1. The van der Waals surface area contributed by atoms with E-state index in [0.717, 1.165) is 28.2 Å². The van der Waals surface area contributed by atoms with Crippen LogP contribution in [0.3, 0.4) is 0 Å². The number of imidazole rings is 1. The molecule has 1 atom stereocenters. The largest absolute Gasteiger partial charge is 0.386 e. The summed E-state index contributed by atoms with van der Waals surface area (Å²) >= 11 is 0. The smallest absolute Gasteiger partial charge is 0.137 e. The van der Waals surface area contributed by atoms with E-state index in [-0.39, 0.29) is 5.92 Å². The highest BCUT2D eigenvalue weighted by Crippen LogP contribution is 2.32. The summed E-state index contributed by atoms with van der Waals surface area (Å²) < 4.78 is 2.06. The van der Waals surface area contributed by atoms with Crippen LogP contribution in [-0.2, 0) is 0 Å². The maximum atomic E-state index is 10.5. The number of aromatic nitrogens is 2. The molecule has 0 saturated carbocycles. The number of benzene rings is 1. The molecule has 0 bridgehead atoms. The van der Waals surface area contributed by atoms with Crippen molar-refractivity contribution in [2.45, 2.75) is 26.9 Å². The van der Waals surface area contributed by atoms with Crippen molar-refractivity contribution in [3.05, 3.63) is 59.9 Å². The van der Waals surface area contributed by atoms with Gasteiger partial charge in [-0.2, -0.15) is 0 Å². The zero-order chi connectivity index (χ0) is 15.0. The first-order valence-corrected chi connectivity index (χ1v) is 7.30. The number of aliphatic hydroxyl groups excluding tert-OH is 1. The molecule has 3 nitrogen and oxygen atoms in total. The topological polar surface area (TPSA) is 37.5 Å². The predicted molar refractivity (Wildman–Crippen MR) is 85.2 cm³/mol. The Morgan fingerprint density at radius 2 is 1.81 bits per heavy atom. The number of nitrogens with zero attached hydrogens (tertiary/aromatic N) is 2. The molecule has 1 aromatic carbocycles. The van der Waals surface area contributed by atoms with E-state index < -0.39 is 6.10 Å². The minimum absolute atomic E-state index is 0.124. The molecule has 2 aromatic heterocycles. The van der Waals surface area contributed by atoms with Crippen molar-refractivity contribution in [3.8, 4) is 11.3 Å². The second-order valence-corrected chi connectivity index (χ2v) is 5.83. The van der Waals surface area contributed by atoms with Crippen LogP contribution in [0.2, 0.25) is 0 Å². The summed E-state index contributed by atoms with van der Waals surface area (Å²) in [5.41, 5.74) is 4.85. The van der Waals surface area contributed by atoms with Crippen LogP contribution in [0, 0.1) is 12.8 Å². The Bertz CT molecular complexity index is 759. The van der Waals surface area contributed by atoms with Gasteiger partial charge in [0, 0.05) is 11.8 Å². The number of fused-ring (bicyclic) bond motifs is 1. The summed E-state index contributed by atoms with van der Waals surface area (Å²) in [6.45, 7) is 6.07. The van der Waals surface area contributed by atoms with Gasteiger partial charge in [0.2, 0.25) is 0 Å². The third-order valence-electron chi connectivity index (χ3n) is 3.77. The highest BCUT2D eigenvalue weighted by molar-refractivity contribution is 5.68. The quantitative estimate of drug-likeness (QED) is 0.787. The summed E-state index contributed by atoms with van der Waals surface area (Å²) in [7, 11) is 0. The fourth-order valence-electron chi connectivity index (χ4n) is 2.57. The van der Waals surface area contributed by atoms with E-state index in [4.69, 9.17) is 0 Å². The van der Waals surface area contributed by atoms with Crippen molar-refractivity contribution in [1.29, 1.82) is 0 Å². The number of aliphatic hydroxyl groups is 1. The van der Waals surface area contributed by atoms with Crippen molar-refractivity contribution in [2.24, 2.45) is 5.92 Å². The van der Waals surface area contributed by atoms with Crippen LogP contribution >= 0.6 is 0 Å². The van der Waals surface area contributed by atoms with Gasteiger partial charge in [0.1, 0.15) is 11.8 Å². The molecule has 0 saturated heterocycles. The fraction of sp³-hybridized carbons (Fsp3) is 0.278. The zero-order valence-electron chi connectivity index (χ0n) is 12.6. The molecular formula is C18H20N2O. The Hall–Kier alpha value is -2.13. The Morgan fingerprint density at radius 1 is 1.10 bits per heavy atom. The highest BCUT2D eigenvalue weighted by Gasteiger charge is 2.22. The summed E-state index contributed by atoms with van der Waals surface area (Å²) in [5.74, 6) is 0.124. The van der Waals surface area contributed by atoms with Gasteiger partial charge >= 0.3 is 0 Å². The van der Waals surface area contributed by atoms with Gasteiger partial charge in [0.25, 0.3) is 0 Å². The van der Waals surface area contributed by atoms with E-state index in [1.807, 2.05) is 44.3 Å². The molecule has 0 radical (unpaired) electrons. The summed E-state index contributed by atoms with van der Waals surface area (Å²) in [4.78, 5) is 4.68. The molecule has 21 heavy (non-hydrogen) atoms. The molecule has 1 N–H and O–H groups in total. The molecule has 0 fully saturated rings. The second-order valence-electron chi connectivity index (χ2n) is 5.83. The SMILES string of the molecule is Cc1ccn2c(-c3ccccc3)c(C(O)C(C)C)nc2c1. The number of hydrogen-bond donors (Lipinski definition) is 1. The standard InChI is InChI=1S/C18H20N2O/c1-12(2)18(21)16-17(14-7-5-4-6-8-14)20-10-9-13(3)11-15(20)19-16/h4-12,18,21H,1-3H3. The van der Waals surface area contributed by atoms with E-state index >= 15 is 0 Å². The number of pyridine rings is 1. The van der Waals surface area contributed by atoms with E-state index in [1.54, 1.807) is 0 Å². The van der Waals surface area contributed by atoms with Crippen molar-refractivity contribution >= 4 is 5.65 Å². The van der Waals surface area contributed by atoms with Crippen LogP contribution in [0.25, 0.3) is 16.9 Å². The van der Waals surface area contributed by atoms with Gasteiger partial charge in [-0.25, -0.2) is 4.98 Å². The normalized spacial score (nSPS) is 13.0. The Labute approximate surface area is 124 Å². The lowest BCUT2D eigenvalue weighted by atomic mass is 10.00. The minimum atomic E-state index is -0.569. The molecule has 108 valence electrons. The first-order chi connectivity index (χ1) is 10.1. The molecule has 2 heterocycles. The minimum Gasteiger partial charge on any atom is -0.386 e. The van der Waals surface area contributed by atoms with E-state index in [1.165, 1.54) is 0 Å². The average molecular weight is 280 g/mol. The van der Waals surface area contributed by atoms with E-state index in [2.05, 4.69) is 34.5 Å². The lowest BCUT2D eigenvalue weighted by Crippen LogP contribution is -2.07. The average Bonchev–Trinajstić information content (AvgIpc) is 2.85. The fourth-order valence-corrected chi connectivity index (χ4v) is 2.57. The molecule has 0 aliphatic carbocycles. The Kier molecular flexibility index (Phi) is 3.52. The lowest BCUT2D eigenvalue weighted by molar-refractivity contribution is 0.123. The maximum absolute atomic E-state index is 10.5. The number of hydrogen-bond acceptors (Lipinski definition) is 2. The molecule has 0 aliphatic heterocycles. The second kappa shape index (κ2) is 5.34. The van der Waals surface area contributed by atoms with Gasteiger partial charge in [0.15, 0.2) is 0 Å². The van der Waals surface area contributed by atoms with Crippen LogP contribution in [0.5, 0.6) is 0 Å². The van der Waals surface area contributed by atoms with Crippen LogP contribution in [0.1, 0.15) is 31.2 Å². The van der Waals surface area contributed by atoms with Crippen molar-refractivity contribution in [2.75, 3.05) is 0 Å². The molecule has 3 rings (SSSR count). The zero-order valence-corrected chi connectivity index (χ0v) is 12.6. The predicted octanol–water partition coefficient (Wildman–Crippen LogP) is 4.00. The Morgan fingerprint density at radius 3 is 2.48 bits per heavy atom. The van der Waals surface area contributed by atoms with E-state index in [9.17, 15) is 5.11 Å². The summed E-state index contributed by atoms with van der Waals surface area (Å²) in [6, 6.07) is 14.2. The lowest BCUT2D eigenvalue weighted by Gasteiger charge is -2.14. The molecular weight excluding hydrogens is 260 g/mol. The third kappa shape index (κ3) is 2.45. The van der Waals surface area contributed by atoms with Gasteiger partial charge in [-0.3, -0.25) is 4.40 Å². The molecule has 0 amide bonds. The maximum Gasteiger partial charge on any atom is 0.137 e. The van der Waals surface area contributed by atoms with Gasteiger partial charge in [-0.05, 0) is 30.5 Å². The first kappa shape index (κ1) is 13.8. The Balaban J connectivity index is 2.30. The van der Waals surface area contributed by atoms with Gasteiger partial charge in [-0.1, -0.05) is 44.2 Å². The van der Waals surface area contributed by atoms with Gasteiger partial charge in [0.05, 0.1) is 11.4 Å². The van der Waals surface area contributed by atoms with Gasteiger partial charge < -0.3 is 5.11 Å². The van der Waals surface area contributed by atoms with Gasteiger partial charge in [-0.15, -0.1) is 0 Å². The molecule has 1 unspecified atom stereocenters. The monoisotopic (exact) mass is 280 g/mol. The molecule has 3 heteroatoms. The van der Waals surface area contributed by atoms with E-state index in [0.29, 0.717) is 0 Å². The third-order valence-corrected chi connectivity index (χ3v) is 3.77. The van der Waals surface area contributed by atoms with Crippen LogP contribution < -0.4 is 0 Å². The highest BCUT2D eigenvalue weighted by atomic mass is 16.3. The van der Waals surface area contributed by atoms with Crippen LogP contribution in [-0.4, -0.2) is 14.5 Å².